The topological polar surface area (TPSA) is 59.0 Å². The molecule has 0 radical (unpaired) electrons. The number of nitrogens with zero attached hydrogens (tertiary/aromatic N) is 1. The lowest BCUT2D eigenvalue weighted by Crippen LogP contribution is -2.46. The van der Waals surface area contributed by atoms with Crippen LogP contribution in [0.3, 0.4) is 0 Å². The molecule has 4 aromatic rings. The van der Waals surface area contributed by atoms with Gasteiger partial charge in [0.1, 0.15) is 18.2 Å². The molecule has 4 aromatic carbocycles. The highest BCUT2D eigenvalue weighted by Gasteiger charge is 2.33. The van der Waals surface area contributed by atoms with Gasteiger partial charge in [0, 0.05) is 23.4 Å². The molecule has 0 aliphatic carbocycles. The second-order valence-corrected chi connectivity index (χ2v) is 9.07. The Morgan fingerprint density at radius 1 is 0.917 bits per heavy atom. The molecule has 1 aliphatic heterocycles. The van der Waals surface area contributed by atoms with Crippen molar-refractivity contribution >= 4 is 16.9 Å². The number of likely N-dealkylation sites (tertiary alicyclic amines) is 1. The fourth-order valence-electron chi connectivity index (χ4n) is 4.85. The number of carbonyl (C=O) groups is 1. The first-order valence-electron chi connectivity index (χ1n) is 12.1. The Morgan fingerprint density at radius 2 is 1.67 bits per heavy atom. The lowest BCUT2D eigenvalue weighted by Gasteiger charge is -2.37. The van der Waals surface area contributed by atoms with E-state index >= 15 is 0 Å². The molecular weight excluding hydrogens is 457 g/mol. The summed E-state index contributed by atoms with van der Waals surface area (Å²) >= 11 is 0. The van der Waals surface area contributed by atoms with Crippen LogP contribution in [0.25, 0.3) is 10.8 Å². The number of halogens is 1. The minimum Gasteiger partial charge on any atom is -0.488 e. The van der Waals surface area contributed by atoms with Crippen LogP contribution in [0, 0.1) is 5.82 Å². The van der Waals surface area contributed by atoms with E-state index < -0.39 is 6.09 Å². The SMILES string of the molecule is O=C(O)N1CCC(c2ccc(F)cc2)C(OCc2ccc3ccccc3c2OCc2ccccc2)C1. The van der Waals surface area contributed by atoms with Gasteiger partial charge in [-0.15, -0.1) is 0 Å². The van der Waals surface area contributed by atoms with E-state index in [-0.39, 0.29) is 31.0 Å². The van der Waals surface area contributed by atoms with Crippen molar-refractivity contribution < 1.29 is 23.8 Å². The number of piperidine rings is 1. The summed E-state index contributed by atoms with van der Waals surface area (Å²) in [5, 5.41) is 11.6. The largest absolute Gasteiger partial charge is 0.488 e. The Balaban J connectivity index is 1.41. The molecule has 1 aliphatic rings. The molecule has 2 unspecified atom stereocenters. The summed E-state index contributed by atoms with van der Waals surface area (Å²) < 4.78 is 26.3. The van der Waals surface area contributed by atoms with Crippen molar-refractivity contribution in [3.63, 3.8) is 0 Å². The molecule has 5 nitrogen and oxygen atoms in total. The van der Waals surface area contributed by atoms with Gasteiger partial charge in [-0.05, 0) is 35.1 Å². The fraction of sp³-hybridized carbons (Fsp3) is 0.233. The zero-order chi connectivity index (χ0) is 24.9. The van der Waals surface area contributed by atoms with Crippen molar-refractivity contribution in [2.45, 2.75) is 31.7 Å². The molecule has 0 bridgehead atoms. The van der Waals surface area contributed by atoms with Crippen LogP contribution in [0.5, 0.6) is 5.75 Å². The molecule has 1 fully saturated rings. The van der Waals surface area contributed by atoms with Crippen LogP contribution < -0.4 is 4.74 Å². The van der Waals surface area contributed by atoms with E-state index in [0.717, 1.165) is 33.2 Å². The second kappa shape index (κ2) is 10.8. The van der Waals surface area contributed by atoms with Crippen LogP contribution in [0.2, 0.25) is 0 Å². The smallest absolute Gasteiger partial charge is 0.407 e. The summed E-state index contributed by atoms with van der Waals surface area (Å²) in [6.45, 7) is 1.37. The van der Waals surface area contributed by atoms with Crippen molar-refractivity contribution in [3.05, 3.63) is 114 Å². The van der Waals surface area contributed by atoms with E-state index in [1.54, 1.807) is 12.1 Å². The number of carboxylic acid groups (broad SMARTS) is 1. The standard InChI is InChI=1S/C30H28FNO4/c31-25-14-12-23(13-15-25)26-16-17-32(30(33)34)18-28(26)35-20-24-11-10-22-8-4-5-9-27(22)29(24)36-19-21-6-2-1-3-7-21/h1-15,26,28H,16-20H2,(H,33,34). The average molecular weight is 486 g/mol. The number of amides is 1. The van der Waals surface area contributed by atoms with Crippen LogP contribution in [0.4, 0.5) is 9.18 Å². The summed E-state index contributed by atoms with van der Waals surface area (Å²) in [4.78, 5) is 13.1. The maximum atomic E-state index is 13.5. The average Bonchev–Trinajstić information content (AvgIpc) is 2.91. The van der Waals surface area contributed by atoms with Crippen LogP contribution in [-0.4, -0.2) is 35.3 Å². The van der Waals surface area contributed by atoms with Gasteiger partial charge in [-0.1, -0.05) is 78.9 Å². The van der Waals surface area contributed by atoms with Crippen molar-refractivity contribution in [2.24, 2.45) is 0 Å². The molecule has 0 saturated carbocycles. The van der Waals surface area contributed by atoms with Crippen LogP contribution in [-0.2, 0) is 18.0 Å². The van der Waals surface area contributed by atoms with Crippen LogP contribution >= 0.6 is 0 Å². The van der Waals surface area contributed by atoms with E-state index in [1.165, 1.54) is 17.0 Å². The molecule has 1 N–H and O–H groups in total. The minimum absolute atomic E-state index is 0.0321. The summed E-state index contributed by atoms with van der Waals surface area (Å²) in [5.41, 5.74) is 2.92. The normalized spacial score (nSPS) is 17.8. The molecule has 1 saturated heterocycles. The summed E-state index contributed by atoms with van der Waals surface area (Å²) in [6.07, 6.45) is -0.718. The third-order valence-electron chi connectivity index (χ3n) is 6.77. The Hall–Kier alpha value is -3.90. The fourth-order valence-corrected chi connectivity index (χ4v) is 4.85. The number of ether oxygens (including phenoxy) is 2. The maximum absolute atomic E-state index is 13.5. The van der Waals surface area contributed by atoms with Gasteiger partial charge < -0.3 is 19.5 Å². The van der Waals surface area contributed by atoms with Gasteiger partial charge in [0.25, 0.3) is 0 Å². The zero-order valence-corrected chi connectivity index (χ0v) is 19.8. The molecule has 184 valence electrons. The van der Waals surface area contributed by atoms with E-state index in [9.17, 15) is 14.3 Å². The highest BCUT2D eigenvalue weighted by Crippen LogP contribution is 2.35. The Morgan fingerprint density at radius 3 is 2.44 bits per heavy atom. The number of benzene rings is 4. The van der Waals surface area contributed by atoms with Gasteiger partial charge in [0.2, 0.25) is 0 Å². The Bertz CT molecular complexity index is 1330. The highest BCUT2D eigenvalue weighted by molar-refractivity contribution is 5.89. The summed E-state index contributed by atoms with van der Waals surface area (Å²) in [7, 11) is 0. The number of rotatable bonds is 7. The molecule has 0 spiro atoms. The van der Waals surface area contributed by atoms with E-state index in [1.807, 2.05) is 66.7 Å². The Kier molecular flexibility index (Phi) is 7.14. The van der Waals surface area contributed by atoms with Gasteiger partial charge in [-0.2, -0.15) is 0 Å². The zero-order valence-electron chi connectivity index (χ0n) is 19.8. The Labute approximate surface area is 209 Å². The van der Waals surface area contributed by atoms with Gasteiger partial charge in [-0.25, -0.2) is 9.18 Å². The predicted molar refractivity (Wildman–Crippen MR) is 137 cm³/mol. The van der Waals surface area contributed by atoms with Crippen molar-refractivity contribution in [2.75, 3.05) is 13.1 Å². The first kappa shape index (κ1) is 23.8. The second-order valence-electron chi connectivity index (χ2n) is 9.07. The predicted octanol–water partition coefficient (Wildman–Crippen LogP) is 6.61. The van der Waals surface area contributed by atoms with E-state index in [4.69, 9.17) is 9.47 Å². The van der Waals surface area contributed by atoms with Crippen molar-refractivity contribution in [3.8, 4) is 5.75 Å². The molecule has 1 amide bonds. The number of hydrogen-bond donors (Lipinski definition) is 1. The summed E-state index contributed by atoms with van der Waals surface area (Å²) in [6, 6.07) is 28.5. The number of fused-ring (bicyclic) bond motifs is 1. The lowest BCUT2D eigenvalue weighted by molar-refractivity contribution is -0.0206. The monoisotopic (exact) mass is 485 g/mol. The molecule has 1 heterocycles. The molecular formula is C30H28FNO4. The third kappa shape index (κ3) is 5.34. The van der Waals surface area contributed by atoms with Gasteiger partial charge >= 0.3 is 6.09 Å². The van der Waals surface area contributed by atoms with E-state index in [0.29, 0.717) is 19.6 Å². The minimum atomic E-state index is -0.959. The summed E-state index contributed by atoms with van der Waals surface area (Å²) in [5.74, 6) is 0.437. The molecule has 36 heavy (non-hydrogen) atoms. The maximum Gasteiger partial charge on any atom is 0.407 e. The lowest BCUT2D eigenvalue weighted by atomic mass is 9.87. The quantitative estimate of drug-likeness (QED) is 0.320. The van der Waals surface area contributed by atoms with Crippen molar-refractivity contribution in [1.29, 1.82) is 0 Å². The van der Waals surface area contributed by atoms with E-state index in [2.05, 4.69) is 0 Å². The first-order valence-corrected chi connectivity index (χ1v) is 12.1. The van der Waals surface area contributed by atoms with Gasteiger partial charge in [0.15, 0.2) is 0 Å². The third-order valence-corrected chi connectivity index (χ3v) is 6.77. The first-order chi connectivity index (χ1) is 17.6. The van der Waals surface area contributed by atoms with Crippen LogP contribution in [0.1, 0.15) is 29.0 Å². The van der Waals surface area contributed by atoms with Gasteiger partial charge in [0.05, 0.1) is 19.3 Å². The van der Waals surface area contributed by atoms with Gasteiger partial charge in [-0.3, -0.25) is 0 Å². The molecule has 5 rings (SSSR count). The van der Waals surface area contributed by atoms with Crippen molar-refractivity contribution in [1.82, 2.24) is 4.90 Å². The molecule has 0 aromatic heterocycles. The van der Waals surface area contributed by atoms with Crippen LogP contribution in [0.15, 0.2) is 91.0 Å². The number of hydrogen-bond acceptors (Lipinski definition) is 3. The molecule has 2 atom stereocenters. The highest BCUT2D eigenvalue weighted by atomic mass is 19.1. The molecule has 6 heteroatoms.